The largest absolute Gasteiger partial charge is 0.395 e. The van der Waals surface area contributed by atoms with E-state index in [9.17, 15) is 4.79 Å². The monoisotopic (exact) mass is 366 g/mol. The van der Waals surface area contributed by atoms with Crippen molar-refractivity contribution in [2.75, 3.05) is 37.7 Å². The van der Waals surface area contributed by atoms with E-state index in [1.807, 2.05) is 24.3 Å². The average molecular weight is 366 g/mol. The topological polar surface area (TPSA) is 87.4 Å². The van der Waals surface area contributed by atoms with Crippen LogP contribution >= 0.6 is 0 Å². The number of benzene rings is 1. The molecule has 1 aliphatic rings. The van der Waals surface area contributed by atoms with Gasteiger partial charge < -0.3 is 10.0 Å². The van der Waals surface area contributed by atoms with E-state index >= 15 is 0 Å². The Morgan fingerprint density at radius 3 is 2.67 bits per heavy atom. The summed E-state index contributed by atoms with van der Waals surface area (Å²) in [5.74, 6) is 0. The fraction of sp³-hybridized carbons (Fsp3) is 0.368. The van der Waals surface area contributed by atoms with Crippen LogP contribution in [0.25, 0.3) is 10.9 Å². The van der Waals surface area contributed by atoms with Gasteiger partial charge in [-0.25, -0.2) is 15.0 Å². The summed E-state index contributed by atoms with van der Waals surface area (Å²) >= 11 is 0. The van der Waals surface area contributed by atoms with Crippen LogP contribution in [0.4, 0.5) is 5.69 Å². The van der Waals surface area contributed by atoms with Gasteiger partial charge in [0.25, 0.3) is 5.56 Å². The first kappa shape index (κ1) is 17.6. The maximum Gasteiger partial charge on any atom is 0.261 e. The number of aliphatic hydroxyl groups is 1. The van der Waals surface area contributed by atoms with Crippen molar-refractivity contribution in [1.82, 2.24) is 24.4 Å². The summed E-state index contributed by atoms with van der Waals surface area (Å²) in [5.41, 5.74) is 2.69. The fourth-order valence-electron chi connectivity index (χ4n) is 3.42. The summed E-state index contributed by atoms with van der Waals surface area (Å²) in [5, 5.41) is 9.62. The smallest absolute Gasteiger partial charge is 0.261 e. The van der Waals surface area contributed by atoms with E-state index in [0.717, 1.165) is 44.1 Å². The standard InChI is InChI=1S/C19H22N6O2/c26-10-9-25-14-22-18-11-16(1-2-17(18)19(25)27)24-7-5-23(6-8-24)12-15-3-4-20-13-21-15/h1-4,11,13-14,26H,5-10,12H2. The van der Waals surface area contributed by atoms with Crippen molar-refractivity contribution >= 4 is 16.6 Å². The van der Waals surface area contributed by atoms with Gasteiger partial charge in [-0.2, -0.15) is 0 Å². The van der Waals surface area contributed by atoms with Gasteiger partial charge in [-0.1, -0.05) is 0 Å². The SMILES string of the molecule is O=c1c2ccc(N3CCN(Cc4ccncn4)CC3)cc2ncn1CCO. The van der Waals surface area contributed by atoms with Gasteiger partial charge in [0.15, 0.2) is 0 Å². The van der Waals surface area contributed by atoms with Gasteiger partial charge in [0.1, 0.15) is 6.33 Å². The Balaban J connectivity index is 1.46. The van der Waals surface area contributed by atoms with Crippen molar-refractivity contribution in [3.05, 3.63) is 59.2 Å². The highest BCUT2D eigenvalue weighted by molar-refractivity contribution is 5.81. The third-order valence-electron chi connectivity index (χ3n) is 4.92. The zero-order valence-electron chi connectivity index (χ0n) is 15.0. The molecule has 0 radical (unpaired) electrons. The molecule has 1 N–H and O–H groups in total. The molecule has 1 saturated heterocycles. The molecular formula is C19H22N6O2. The summed E-state index contributed by atoms with van der Waals surface area (Å²) in [7, 11) is 0. The zero-order valence-corrected chi connectivity index (χ0v) is 15.0. The maximum absolute atomic E-state index is 12.4. The molecule has 8 heteroatoms. The number of rotatable bonds is 5. The lowest BCUT2D eigenvalue weighted by Crippen LogP contribution is -2.46. The number of fused-ring (bicyclic) bond motifs is 1. The van der Waals surface area contributed by atoms with E-state index in [0.29, 0.717) is 10.9 Å². The molecule has 1 aromatic carbocycles. The number of hydrogen-bond acceptors (Lipinski definition) is 7. The Labute approximate surface area is 156 Å². The average Bonchev–Trinajstić information content (AvgIpc) is 2.71. The maximum atomic E-state index is 12.4. The molecule has 0 unspecified atom stereocenters. The van der Waals surface area contributed by atoms with Crippen LogP contribution in [0.2, 0.25) is 0 Å². The van der Waals surface area contributed by atoms with Crippen LogP contribution in [0.5, 0.6) is 0 Å². The quantitative estimate of drug-likeness (QED) is 0.704. The summed E-state index contributed by atoms with van der Waals surface area (Å²) < 4.78 is 1.44. The third-order valence-corrected chi connectivity index (χ3v) is 4.92. The van der Waals surface area contributed by atoms with Gasteiger partial charge in [-0.05, 0) is 24.3 Å². The number of aromatic nitrogens is 4. The number of anilines is 1. The molecule has 0 amide bonds. The second-order valence-corrected chi connectivity index (χ2v) is 6.63. The minimum absolute atomic E-state index is 0.0789. The minimum Gasteiger partial charge on any atom is -0.395 e. The molecule has 3 aromatic rings. The molecule has 1 fully saturated rings. The molecule has 4 rings (SSSR count). The Morgan fingerprint density at radius 1 is 1.07 bits per heavy atom. The van der Waals surface area contributed by atoms with Crippen LogP contribution in [0.15, 0.2) is 47.9 Å². The molecule has 8 nitrogen and oxygen atoms in total. The molecule has 0 aliphatic carbocycles. The molecule has 3 heterocycles. The lowest BCUT2D eigenvalue weighted by molar-refractivity contribution is 0.247. The fourth-order valence-corrected chi connectivity index (χ4v) is 3.42. The summed E-state index contributed by atoms with van der Waals surface area (Å²) in [4.78, 5) is 29.7. The Morgan fingerprint density at radius 2 is 1.93 bits per heavy atom. The third kappa shape index (κ3) is 3.81. The Bertz CT molecular complexity index is 967. The van der Waals surface area contributed by atoms with Crippen molar-refractivity contribution < 1.29 is 5.11 Å². The van der Waals surface area contributed by atoms with Crippen molar-refractivity contribution in [2.45, 2.75) is 13.1 Å². The van der Waals surface area contributed by atoms with Gasteiger partial charge in [-0.15, -0.1) is 0 Å². The van der Waals surface area contributed by atoms with E-state index in [4.69, 9.17) is 5.11 Å². The van der Waals surface area contributed by atoms with Crippen molar-refractivity contribution in [3.8, 4) is 0 Å². The molecule has 0 atom stereocenters. The highest BCUT2D eigenvalue weighted by Crippen LogP contribution is 2.20. The first-order valence-corrected chi connectivity index (χ1v) is 9.07. The molecule has 0 saturated carbocycles. The minimum atomic E-state index is -0.115. The summed E-state index contributed by atoms with van der Waals surface area (Å²) in [6, 6.07) is 7.74. The van der Waals surface area contributed by atoms with Crippen LogP contribution < -0.4 is 10.5 Å². The van der Waals surface area contributed by atoms with Crippen LogP contribution in [-0.4, -0.2) is 62.3 Å². The van der Waals surface area contributed by atoms with Crippen molar-refractivity contribution in [2.24, 2.45) is 0 Å². The van der Waals surface area contributed by atoms with Crippen LogP contribution in [-0.2, 0) is 13.1 Å². The molecule has 27 heavy (non-hydrogen) atoms. The molecule has 2 aromatic heterocycles. The highest BCUT2D eigenvalue weighted by atomic mass is 16.3. The van der Waals surface area contributed by atoms with E-state index in [1.165, 1.54) is 10.9 Å². The lowest BCUT2D eigenvalue weighted by atomic mass is 10.2. The Hall–Kier alpha value is -2.84. The molecular weight excluding hydrogens is 344 g/mol. The molecule has 0 bridgehead atoms. The number of aliphatic hydroxyl groups excluding tert-OH is 1. The second-order valence-electron chi connectivity index (χ2n) is 6.63. The first-order valence-electron chi connectivity index (χ1n) is 9.07. The summed E-state index contributed by atoms with van der Waals surface area (Å²) in [6.45, 7) is 4.75. The number of piperazine rings is 1. The van der Waals surface area contributed by atoms with Gasteiger partial charge in [0, 0.05) is 44.6 Å². The molecule has 1 aliphatic heterocycles. The lowest BCUT2D eigenvalue weighted by Gasteiger charge is -2.36. The molecule has 140 valence electrons. The van der Waals surface area contributed by atoms with E-state index in [1.54, 1.807) is 12.5 Å². The van der Waals surface area contributed by atoms with Crippen molar-refractivity contribution in [3.63, 3.8) is 0 Å². The van der Waals surface area contributed by atoms with Crippen LogP contribution in [0.1, 0.15) is 5.69 Å². The Kier molecular flexibility index (Phi) is 5.08. The second kappa shape index (κ2) is 7.81. The van der Waals surface area contributed by atoms with Crippen LogP contribution in [0, 0.1) is 0 Å². The first-order chi connectivity index (χ1) is 13.2. The summed E-state index contributed by atoms with van der Waals surface area (Å²) in [6.07, 6.45) is 4.86. The zero-order chi connectivity index (χ0) is 18.6. The molecule has 0 spiro atoms. The van der Waals surface area contributed by atoms with E-state index in [2.05, 4.69) is 24.8 Å². The van der Waals surface area contributed by atoms with Gasteiger partial charge >= 0.3 is 0 Å². The van der Waals surface area contributed by atoms with Crippen LogP contribution in [0.3, 0.4) is 0 Å². The number of nitrogens with zero attached hydrogens (tertiary/aromatic N) is 6. The van der Waals surface area contributed by atoms with Gasteiger partial charge in [0.2, 0.25) is 0 Å². The normalized spacial score (nSPS) is 15.4. The predicted molar refractivity (Wildman–Crippen MR) is 103 cm³/mol. The van der Waals surface area contributed by atoms with E-state index in [-0.39, 0.29) is 18.7 Å². The van der Waals surface area contributed by atoms with Gasteiger partial charge in [-0.3, -0.25) is 14.3 Å². The van der Waals surface area contributed by atoms with Crippen molar-refractivity contribution in [1.29, 1.82) is 0 Å². The van der Waals surface area contributed by atoms with E-state index < -0.39 is 0 Å². The highest BCUT2D eigenvalue weighted by Gasteiger charge is 2.18. The van der Waals surface area contributed by atoms with Gasteiger partial charge in [0.05, 0.1) is 36.1 Å². The predicted octanol–water partition coefficient (Wildman–Crippen LogP) is 0.501. The number of hydrogen-bond donors (Lipinski definition) is 1.